The largest absolute Gasteiger partial charge is 0.0888 e. The van der Waals surface area contributed by atoms with E-state index < -0.39 is 0 Å². The van der Waals surface area contributed by atoms with Crippen molar-refractivity contribution in [2.75, 3.05) is 0 Å². The van der Waals surface area contributed by atoms with Crippen molar-refractivity contribution in [1.29, 1.82) is 0 Å². The van der Waals surface area contributed by atoms with Crippen molar-refractivity contribution in [1.82, 2.24) is 0 Å². The fourth-order valence-electron chi connectivity index (χ4n) is 1.69. The Morgan fingerprint density at radius 2 is 2.00 bits per heavy atom. The van der Waals surface area contributed by atoms with E-state index in [9.17, 15) is 0 Å². The van der Waals surface area contributed by atoms with Crippen LogP contribution < -0.4 is 0 Å². The van der Waals surface area contributed by atoms with Gasteiger partial charge in [0.2, 0.25) is 0 Å². The lowest BCUT2D eigenvalue weighted by molar-refractivity contribution is 0.407. The summed E-state index contributed by atoms with van der Waals surface area (Å²) in [6, 6.07) is 0. The predicted molar refractivity (Wildman–Crippen MR) is 44.9 cm³/mol. The minimum Gasteiger partial charge on any atom is -0.0888 e. The van der Waals surface area contributed by atoms with E-state index in [0.717, 1.165) is 16.7 Å². The number of hydrogen-bond donors (Lipinski definition) is 0. The molecule has 1 saturated carbocycles. The van der Waals surface area contributed by atoms with Crippen LogP contribution in [0.3, 0.4) is 0 Å². The highest BCUT2D eigenvalue weighted by atomic mass is 79.9. The second-order valence-corrected chi connectivity index (χ2v) is 4.53. The molecule has 54 valence electrons. The maximum absolute atomic E-state index is 3.71. The van der Waals surface area contributed by atoms with Gasteiger partial charge in [0, 0.05) is 4.83 Å². The Kier molecular flexibility index (Phi) is 2.57. The quantitative estimate of drug-likeness (QED) is 0.558. The van der Waals surface area contributed by atoms with Crippen LogP contribution in [0.4, 0.5) is 0 Å². The lowest BCUT2D eigenvalue weighted by atomic mass is 9.95. The first kappa shape index (κ1) is 7.59. The first-order chi connectivity index (χ1) is 4.22. The van der Waals surface area contributed by atoms with Crippen LogP contribution in [0.1, 0.15) is 33.1 Å². The van der Waals surface area contributed by atoms with Gasteiger partial charge in [0.05, 0.1) is 0 Å². The highest BCUT2D eigenvalue weighted by molar-refractivity contribution is 9.09. The Balaban J connectivity index is 2.40. The van der Waals surface area contributed by atoms with Gasteiger partial charge < -0.3 is 0 Å². The molecule has 0 amide bonds. The van der Waals surface area contributed by atoms with Crippen LogP contribution in [0.25, 0.3) is 0 Å². The molecule has 0 aliphatic heterocycles. The summed E-state index contributed by atoms with van der Waals surface area (Å²) in [5.41, 5.74) is 0. The molecule has 0 nitrogen and oxygen atoms in total. The summed E-state index contributed by atoms with van der Waals surface area (Å²) in [5.74, 6) is 1.82. The van der Waals surface area contributed by atoms with Crippen molar-refractivity contribution in [2.45, 2.75) is 37.9 Å². The second-order valence-electron chi connectivity index (χ2n) is 3.35. The van der Waals surface area contributed by atoms with Crippen molar-refractivity contribution in [3.8, 4) is 0 Å². The van der Waals surface area contributed by atoms with Crippen LogP contribution in [0.5, 0.6) is 0 Å². The maximum atomic E-state index is 3.71. The first-order valence-corrected chi connectivity index (χ1v) is 4.77. The Hall–Kier alpha value is 0.480. The predicted octanol–water partition coefficient (Wildman–Crippen LogP) is 3.21. The van der Waals surface area contributed by atoms with Gasteiger partial charge in [-0.1, -0.05) is 36.2 Å². The molecule has 2 unspecified atom stereocenters. The Bertz CT molecular complexity index is 88.6. The van der Waals surface area contributed by atoms with Crippen LogP contribution in [0, 0.1) is 11.8 Å². The zero-order valence-corrected chi connectivity index (χ0v) is 7.82. The molecule has 0 bridgehead atoms. The third-order valence-corrected chi connectivity index (χ3v) is 3.48. The smallest absolute Gasteiger partial charge is 0.0176 e. The van der Waals surface area contributed by atoms with Gasteiger partial charge >= 0.3 is 0 Å². The second kappa shape index (κ2) is 3.05. The van der Waals surface area contributed by atoms with E-state index in [-0.39, 0.29) is 0 Å². The molecule has 2 atom stereocenters. The normalized spacial score (nSPS) is 36.0. The van der Waals surface area contributed by atoms with E-state index in [4.69, 9.17) is 0 Å². The monoisotopic (exact) mass is 190 g/mol. The van der Waals surface area contributed by atoms with Crippen LogP contribution in [-0.4, -0.2) is 4.83 Å². The molecule has 1 rings (SSSR count). The van der Waals surface area contributed by atoms with Crippen molar-refractivity contribution >= 4 is 15.9 Å². The highest BCUT2D eigenvalue weighted by Crippen LogP contribution is 2.36. The van der Waals surface area contributed by atoms with Crippen LogP contribution in [-0.2, 0) is 0 Å². The maximum Gasteiger partial charge on any atom is 0.0176 e. The third kappa shape index (κ3) is 1.70. The number of halogens is 1. The molecule has 1 aliphatic carbocycles. The zero-order chi connectivity index (χ0) is 6.85. The summed E-state index contributed by atoms with van der Waals surface area (Å²) in [6.45, 7) is 4.65. The van der Waals surface area contributed by atoms with E-state index >= 15 is 0 Å². The summed E-state index contributed by atoms with van der Waals surface area (Å²) in [6.07, 6.45) is 4.26. The lowest BCUT2D eigenvalue weighted by Crippen LogP contribution is -2.12. The summed E-state index contributed by atoms with van der Waals surface area (Å²) in [5, 5.41) is 0. The van der Waals surface area contributed by atoms with E-state index in [1.165, 1.54) is 19.3 Å². The zero-order valence-electron chi connectivity index (χ0n) is 6.23. The Morgan fingerprint density at radius 3 is 2.22 bits per heavy atom. The molecule has 1 fully saturated rings. The fourth-order valence-corrected chi connectivity index (χ4v) is 2.89. The van der Waals surface area contributed by atoms with E-state index in [1.807, 2.05) is 0 Å². The highest BCUT2D eigenvalue weighted by Gasteiger charge is 2.26. The van der Waals surface area contributed by atoms with Gasteiger partial charge in [-0.05, 0) is 24.7 Å². The van der Waals surface area contributed by atoms with Gasteiger partial charge in [-0.2, -0.15) is 0 Å². The van der Waals surface area contributed by atoms with Gasteiger partial charge in [-0.3, -0.25) is 0 Å². The molecule has 0 N–H and O–H groups in total. The molecule has 0 saturated heterocycles. The summed E-state index contributed by atoms with van der Waals surface area (Å²) >= 11 is 3.71. The molecule has 0 aromatic heterocycles. The number of alkyl halides is 1. The molecule has 0 heterocycles. The fraction of sp³-hybridized carbons (Fsp3) is 1.00. The van der Waals surface area contributed by atoms with Gasteiger partial charge in [-0.25, -0.2) is 0 Å². The van der Waals surface area contributed by atoms with Gasteiger partial charge in [-0.15, -0.1) is 0 Å². The number of hydrogen-bond acceptors (Lipinski definition) is 0. The summed E-state index contributed by atoms with van der Waals surface area (Å²) < 4.78 is 0. The minimum atomic E-state index is 0.817. The Morgan fingerprint density at radius 1 is 1.33 bits per heavy atom. The van der Waals surface area contributed by atoms with Crippen molar-refractivity contribution in [2.24, 2.45) is 11.8 Å². The average Bonchev–Trinajstić information content (AvgIpc) is 2.13. The lowest BCUT2D eigenvalue weighted by Gasteiger charge is -2.17. The van der Waals surface area contributed by atoms with Crippen LogP contribution in [0.2, 0.25) is 0 Å². The van der Waals surface area contributed by atoms with Crippen molar-refractivity contribution in [3.05, 3.63) is 0 Å². The topological polar surface area (TPSA) is 0 Å². The molecular weight excluding hydrogens is 176 g/mol. The Labute approximate surface area is 66.2 Å². The molecule has 0 aromatic carbocycles. The van der Waals surface area contributed by atoms with Crippen LogP contribution in [0.15, 0.2) is 0 Å². The number of rotatable bonds is 1. The van der Waals surface area contributed by atoms with E-state index in [0.29, 0.717) is 0 Å². The molecule has 9 heavy (non-hydrogen) atoms. The minimum absolute atomic E-state index is 0.817. The van der Waals surface area contributed by atoms with Crippen molar-refractivity contribution in [3.63, 3.8) is 0 Å². The summed E-state index contributed by atoms with van der Waals surface area (Å²) in [7, 11) is 0. The molecule has 0 radical (unpaired) electrons. The van der Waals surface area contributed by atoms with E-state index in [1.54, 1.807) is 0 Å². The van der Waals surface area contributed by atoms with Crippen LogP contribution >= 0.6 is 15.9 Å². The van der Waals surface area contributed by atoms with Gasteiger partial charge in [0.15, 0.2) is 0 Å². The van der Waals surface area contributed by atoms with E-state index in [2.05, 4.69) is 29.8 Å². The standard InChI is InChI=1S/C8H15Br/c1-6(2)7-4-3-5-8(7)9/h6-8H,3-5H2,1-2H3. The molecule has 1 aliphatic rings. The molecular formula is C8H15Br. The summed E-state index contributed by atoms with van der Waals surface area (Å²) in [4.78, 5) is 0.817. The van der Waals surface area contributed by atoms with Crippen molar-refractivity contribution < 1.29 is 0 Å². The SMILES string of the molecule is CC(C)C1CCCC1Br. The third-order valence-electron chi connectivity index (χ3n) is 2.34. The average molecular weight is 191 g/mol. The molecule has 0 aromatic rings. The first-order valence-electron chi connectivity index (χ1n) is 3.86. The molecule has 1 heteroatoms. The molecule has 0 spiro atoms. The van der Waals surface area contributed by atoms with Gasteiger partial charge in [0.1, 0.15) is 0 Å². The van der Waals surface area contributed by atoms with Gasteiger partial charge in [0.25, 0.3) is 0 Å².